The first kappa shape index (κ1) is 31.8. The molecule has 1 aromatic heterocycles. The molecule has 0 bridgehead atoms. The van der Waals surface area contributed by atoms with Crippen LogP contribution in [0, 0.1) is 0 Å². The third-order valence-corrected chi connectivity index (χ3v) is 7.12. The molecular weight excluding hydrogens is 524 g/mol. The second-order valence-corrected chi connectivity index (χ2v) is 12.0. The Balaban J connectivity index is 1.79. The van der Waals surface area contributed by atoms with E-state index < -0.39 is 40.6 Å². The molecule has 0 radical (unpaired) electrons. The lowest BCUT2D eigenvalue weighted by Gasteiger charge is -2.36. The summed E-state index contributed by atoms with van der Waals surface area (Å²) in [6, 6.07) is 8.50. The van der Waals surface area contributed by atoms with Crippen molar-refractivity contribution in [3.8, 4) is 0 Å². The zero-order chi connectivity index (χ0) is 30.3. The molecule has 11 heteroatoms. The molecule has 1 aromatic carbocycles. The number of nitrogens with zero attached hydrogens (tertiary/aromatic N) is 2. The van der Waals surface area contributed by atoms with Crippen LogP contribution in [0.4, 0.5) is 10.6 Å². The lowest BCUT2D eigenvalue weighted by atomic mass is 9.82. The maximum absolute atomic E-state index is 13.4. The molecule has 3 atom stereocenters. The molecule has 1 saturated heterocycles. The molecule has 1 aliphatic rings. The zero-order valence-electron chi connectivity index (χ0n) is 25.0. The van der Waals surface area contributed by atoms with Crippen molar-refractivity contribution < 1.29 is 23.9 Å². The standard InChI is InChI=1S/C30H44N6O5/c1-7-8-15-22(33-26(39)29(5,6)35-27(40)41-28(2,3)4)25(38)34-24-18-36(20-32-24)30(19-37,23-16-12-17-31-23)21-13-10-9-11-14-21/h9-11,13-14,18-20,22-23,31H,7-8,12,15-17H2,1-6H3,(H,33,39)(H,34,38)(H,35,40)/t22-,23?,30?/m1/s1. The summed E-state index contributed by atoms with van der Waals surface area (Å²) in [5, 5.41) is 11.6. The van der Waals surface area contributed by atoms with Crippen LogP contribution in [0.3, 0.4) is 0 Å². The van der Waals surface area contributed by atoms with Gasteiger partial charge in [0.1, 0.15) is 22.7 Å². The number of anilines is 1. The minimum absolute atomic E-state index is 0.142. The lowest BCUT2D eigenvalue weighted by Crippen LogP contribution is -2.58. The van der Waals surface area contributed by atoms with E-state index in [-0.39, 0.29) is 11.9 Å². The monoisotopic (exact) mass is 568 g/mol. The summed E-state index contributed by atoms with van der Waals surface area (Å²) < 4.78 is 7.02. The van der Waals surface area contributed by atoms with Crippen LogP contribution in [0.1, 0.15) is 79.2 Å². The molecule has 41 heavy (non-hydrogen) atoms. The molecule has 4 N–H and O–H groups in total. The highest BCUT2D eigenvalue weighted by Gasteiger charge is 2.44. The van der Waals surface area contributed by atoms with E-state index >= 15 is 0 Å². The summed E-state index contributed by atoms with van der Waals surface area (Å²) in [5.41, 5.74) is -2.28. The highest BCUT2D eigenvalue weighted by Crippen LogP contribution is 2.33. The fourth-order valence-corrected chi connectivity index (χ4v) is 4.94. The quantitative estimate of drug-likeness (QED) is 0.287. The summed E-state index contributed by atoms with van der Waals surface area (Å²) in [6.07, 6.45) is 7.06. The number of carbonyl (C=O) groups excluding carboxylic acids is 4. The van der Waals surface area contributed by atoms with Crippen molar-refractivity contribution in [2.45, 2.75) is 102 Å². The van der Waals surface area contributed by atoms with Gasteiger partial charge < -0.3 is 35.4 Å². The van der Waals surface area contributed by atoms with Crippen molar-refractivity contribution in [2.75, 3.05) is 11.9 Å². The van der Waals surface area contributed by atoms with Crippen LogP contribution in [-0.2, 0) is 24.7 Å². The number of ether oxygens (including phenoxy) is 1. The van der Waals surface area contributed by atoms with E-state index in [9.17, 15) is 19.2 Å². The number of amides is 3. The van der Waals surface area contributed by atoms with Gasteiger partial charge in [0.25, 0.3) is 0 Å². The summed E-state index contributed by atoms with van der Waals surface area (Å²) in [7, 11) is 0. The maximum atomic E-state index is 13.4. The smallest absolute Gasteiger partial charge is 0.408 e. The number of alkyl carbamates (subject to hydrolysis) is 1. The van der Waals surface area contributed by atoms with E-state index in [1.165, 1.54) is 0 Å². The number of aldehydes is 1. The van der Waals surface area contributed by atoms with Gasteiger partial charge in [-0.25, -0.2) is 9.78 Å². The number of unbranched alkanes of at least 4 members (excludes halogenated alkanes) is 1. The van der Waals surface area contributed by atoms with Crippen molar-refractivity contribution in [2.24, 2.45) is 0 Å². The fraction of sp³-hybridized carbons (Fsp3) is 0.567. The van der Waals surface area contributed by atoms with Crippen molar-refractivity contribution >= 4 is 30.0 Å². The molecule has 1 fully saturated rings. The van der Waals surface area contributed by atoms with Gasteiger partial charge in [-0.3, -0.25) is 9.59 Å². The van der Waals surface area contributed by atoms with E-state index in [4.69, 9.17) is 4.74 Å². The van der Waals surface area contributed by atoms with Gasteiger partial charge in [-0.05, 0) is 66.0 Å². The third kappa shape index (κ3) is 7.93. The lowest BCUT2D eigenvalue weighted by molar-refractivity contribution is -0.130. The van der Waals surface area contributed by atoms with Crippen LogP contribution in [0.25, 0.3) is 0 Å². The number of rotatable bonds is 12. The number of hydrogen-bond acceptors (Lipinski definition) is 7. The molecule has 2 heterocycles. The molecule has 3 amide bonds. The van der Waals surface area contributed by atoms with E-state index in [0.717, 1.165) is 37.7 Å². The molecule has 11 nitrogen and oxygen atoms in total. The third-order valence-electron chi connectivity index (χ3n) is 7.12. The van der Waals surface area contributed by atoms with Crippen LogP contribution < -0.4 is 21.3 Å². The van der Waals surface area contributed by atoms with Gasteiger partial charge in [0, 0.05) is 12.2 Å². The molecule has 0 aliphatic carbocycles. The molecule has 3 rings (SSSR count). The van der Waals surface area contributed by atoms with Gasteiger partial charge in [0.2, 0.25) is 11.8 Å². The number of hydrogen-bond donors (Lipinski definition) is 4. The number of nitrogens with one attached hydrogen (secondary N) is 4. The SMILES string of the molecule is CCCC[C@@H](NC(=O)C(C)(C)NC(=O)OC(C)(C)C)C(=O)Nc1cn(C(C=O)(c2ccccc2)C2CCCN2)cn1. The Bertz CT molecular complexity index is 1200. The van der Waals surface area contributed by atoms with E-state index in [1.807, 2.05) is 37.3 Å². The molecule has 0 spiro atoms. The topological polar surface area (TPSA) is 143 Å². The average molecular weight is 569 g/mol. The van der Waals surface area contributed by atoms with Crippen molar-refractivity contribution in [3.05, 3.63) is 48.4 Å². The highest BCUT2D eigenvalue weighted by atomic mass is 16.6. The van der Waals surface area contributed by atoms with Gasteiger partial charge in [-0.15, -0.1) is 0 Å². The van der Waals surface area contributed by atoms with Crippen LogP contribution in [0.2, 0.25) is 0 Å². The molecule has 2 unspecified atom stereocenters. The van der Waals surface area contributed by atoms with Gasteiger partial charge in [-0.2, -0.15) is 0 Å². The predicted octanol–water partition coefficient (Wildman–Crippen LogP) is 3.49. The first-order chi connectivity index (χ1) is 19.3. The van der Waals surface area contributed by atoms with Crippen molar-refractivity contribution in [1.29, 1.82) is 0 Å². The summed E-state index contributed by atoms with van der Waals surface area (Å²) in [5.74, 6) is -0.709. The zero-order valence-corrected chi connectivity index (χ0v) is 25.0. The van der Waals surface area contributed by atoms with Gasteiger partial charge in [0.15, 0.2) is 12.1 Å². The summed E-state index contributed by atoms with van der Waals surface area (Å²) in [6.45, 7) is 11.1. The average Bonchev–Trinajstić information content (AvgIpc) is 3.60. The van der Waals surface area contributed by atoms with Crippen molar-refractivity contribution in [3.63, 3.8) is 0 Å². The predicted molar refractivity (Wildman–Crippen MR) is 156 cm³/mol. The number of aromatic nitrogens is 2. The number of imidazole rings is 1. The van der Waals surface area contributed by atoms with Gasteiger partial charge in [-0.1, -0.05) is 50.1 Å². The second-order valence-electron chi connectivity index (χ2n) is 12.0. The van der Waals surface area contributed by atoms with Crippen LogP contribution in [0.15, 0.2) is 42.9 Å². The summed E-state index contributed by atoms with van der Waals surface area (Å²) in [4.78, 5) is 56.0. The Labute approximate surface area is 242 Å². The molecule has 1 aliphatic heterocycles. The van der Waals surface area contributed by atoms with Crippen LogP contribution >= 0.6 is 0 Å². The first-order valence-corrected chi connectivity index (χ1v) is 14.2. The maximum Gasteiger partial charge on any atom is 0.408 e. The van der Waals surface area contributed by atoms with Crippen LogP contribution in [0.5, 0.6) is 0 Å². The Morgan fingerprint density at radius 3 is 2.46 bits per heavy atom. The van der Waals surface area contributed by atoms with E-state index in [2.05, 4.69) is 26.3 Å². The molecule has 224 valence electrons. The van der Waals surface area contributed by atoms with E-state index in [0.29, 0.717) is 12.8 Å². The fourth-order valence-electron chi connectivity index (χ4n) is 4.94. The highest BCUT2D eigenvalue weighted by molar-refractivity contribution is 5.98. The minimum atomic E-state index is -1.33. The molecule has 2 aromatic rings. The Hall–Kier alpha value is -3.73. The largest absolute Gasteiger partial charge is 0.444 e. The summed E-state index contributed by atoms with van der Waals surface area (Å²) >= 11 is 0. The van der Waals surface area contributed by atoms with Crippen molar-refractivity contribution in [1.82, 2.24) is 25.5 Å². The molecule has 0 saturated carbocycles. The number of carbonyl (C=O) groups is 4. The Kier molecular flexibility index (Phi) is 10.3. The minimum Gasteiger partial charge on any atom is -0.444 e. The molecular formula is C30H44N6O5. The van der Waals surface area contributed by atoms with Crippen LogP contribution in [-0.4, -0.2) is 63.5 Å². The Morgan fingerprint density at radius 1 is 1.17 bits per heavy atom. The number of benzene rings is 1. The first-order valence-electron chi connectivity index (χ1n) is 14.2. The van der Waals surface area contributed by atoms with Gasteiger partial charge in [0.05, 0.1) is 6.33 Å². The van der Waals surface area contributed by atoms with E-state index in [1.54, 1.807) is 51.7 Å². The normalized spacial score (nSPS) is 17.7. The van der Waals surface area contributed by atoms with Gasteiger partial charge >= 0.3 is 6.09 Å². The Morgan fingerprint density at radius 2 is 1.88 bits per heavy atom. The second kappa shape index (κ2) is 13.3.